The number of hydrogen-bond acceptors (Lipinski definition) is 14. The van der Waals surface area contributed by atoms with E-state index in [9.17, 15) is 26.4 Å². The maximum atomic E-state index is 12.8. The lowest BCUT2D eigenvalue weighted by atomic mass is 10.2. The number of carbonyl (C=O) groups is 2. The van der Waals surface area contributed by atoms with Crippen LogP contribution < -0.4 is 44.4 Å². The molecule has 9 aromatic rings. The molecule has 21 nitrogen and oxygen atoms in total. The van der Waals surface area contributed by atoms with E-state index in [-0.39, 0.29) is 33.2 Å². The SMILES string of the molecule is COc1ccc(NC(=O)Nc2nc3cc(OS(=O)(=O)c4ccc(-n5ccnc5)cc4)ccc3[nH]2)cc1.COc1ccc(NC(=O)Nc2nc3cc(OS(=O)(=O)c4ccc(NC5CCCC5)cc4)ccc3[nH]2)cc1. The highest BCUT2D eigenvalue weighted by molar-refractivity contribution is 7.87. The zero-order valence-electron chi connectivity index (χ0n) is 39.0. The van der Waals surface area contributed by atoms with Gasteiger partial charge in [-0.25, -0.2) is 24.5 Å². The lowest BCUT2D eigenvalue weighted by molar-refractivity contribution is 0.261. The second-order valence-electron chi connectivity index (χ2n) is 16.3. The van der Waals surface area contributed by atoms with E-state index in [1.807, 2.05) is 0 Å². The Bertz CT molecular complexity index is 3590. The fraction of sp³-hybridized carbons (Fsp3) is 0.140. The second-order valence-corrected chi connectivity index (χ2v) is 19.4. The Morgan fingerprint density at radius 3 is 1.44 bits per heavy atom. The third-order valence-electron chi connectivity index (χ3n) is 11.3. The number of benzene rings is 6. The van der Waals surface area contributed by atoms with E-state index in [0.29, 0.717) is 51.0 Å². The van der Waals surface area contributed by atoms with Crippen molar-refractivity contribution >= 4 is 83.3 Å². The molecule has 0 unspecified atom stereocenters. The molecule has 374 valence electrons. The molecule has 23 heteroatoms. The van der Waals surface area contributed by atoms with E-state index in [4.69, 9.17) is 17.8 Å². The van der Waals surface area contributed by atoms with Gasteiger partial charge in [-0.2, -0.15) is 16.8 Å². The first-order chi connectivity index (χ1) is 35.3. The van der Waals surface area contributed by atoms with Crippen molar-refractivity contribution in [1.82, 2.24) is 29.5 Å². The van der Waals surface area contributed by atoms with Crippen LogP contribution in [0, 0.1) is 0 Å². The number of rotatable bonds is 15. The Balaban J connectivity index is 0.000000180. The van der Waals surface area contributed by atoms with Gasteiger partial charge in [0, 0.05) is 53.3 Å². The third-order valence-corrected chi connectivity index (χ3v) is 13.8. The molecule has 0 atom stereocenters. The Hall–Kier alpha value is -9.09. The summed E-state index contributed by atoms with van der Waals surface area (Å²) in [5.41, 5.74) is 4.85. The molecular formula is C50H47N11O10S2. The molecule has 0 bridgehead atoms. The standard InChI is InChI=1S/C26H27N5O5S.C24H20N6O5S/c1-35-20-10-6-19(7-11-20)28-26(32)31-25-29-23-15-12-21(16-24(23)30-25)36-37(33,34)22-13-8-18(9-14-22)27-17-4-2-3-5-17;1-34-18-6-2-16(3-7-18)26-24(31)29-23-27-21-11-8-19(14-22(21)28-23)35-36(32,33)20-9-4-17(5-10-20)30-13-12-25-15-30/h6-17,27H,2-5H2,1H3,(H3,28,29,30,31,32);2-15H,1H3,(H3,26,27,28,29,31). The normalized spacial score (nSPS) is 12.6. The van der Waals surface area contributed by atoms with E-state index in [1.165, 1.54) is 61.4 Å². The topological polar surface area (TPSA) is 275 Å². The molecule has 0 saturated heterocycles. The van der Waals surface area contributed by atoms with Gasteiger partial charge >= 0.3 is 32.3 Å². The van der Waals surface area contributed by atoms with Gasteiger partial charge in [0.05, 0.1) is 42.6 Å². The third kappa shape index (κ3) is 12.5. The predicted octanol–water partition coefficient (Wildman–Crippen LogP) is 9.51. The van der Waals surface area contributed by atoms with Gasteiger partial charge in [0.25, 0.3) is 0 Å². The van der Waals surface area contributed by atoms with Crippen LogP contribution in [0.15, 0.2) is 162 Å². The Labute approximate surface area is 418 Å². The molecule has 3 heterocycles. The quantitative estimate of drug-likeness (QED) is 0.0471. The van der Waals surface area contributed by atoms with Crippen LogP contribution in [-0.2, 0) is 20.2 Å². The van der Waals surface area contributed by atoms with Crippen LogP contribution in [0.1, 0.15) is 25.7 Å². The number of methoxy groups -OCH3 is 2. The number of aromatic nitrogens is 6. The highest BCUT2D eigenvalue weighted by atomic mass is 32.2. The van der Waals surface area contributed by atoms with Crippen molar-refractivity contribution in [1.29, 1.82) is 0 Å². The summed E-state index contributed by atoms with van der Waals surface area (Å²) in [5.74, 6) is 1.93. The molecule has 1 saturated carbocycles. The molecule has 1 aliphatic rings. The van der Waals surface area contributed by atoms with E-state index in [2.05, 4.69) is 51.5 Å². The van der Waals surface area contributed by atoms with Crippen molar-refractivity contribution < 1.29 is 44.3 Å². The van der Waals surface area contributed by atoms with Crippen molar-refractivity contribution in [2.45, 2.75) is 41.5 Å². The van der Waals surface area contributed by atoms with Gasteiger partial charge in [-0.1, -0.05) is 12.8 Å². The van der Waals surface area contributed by atoms with E-state index >= 15 is 0 Å². The van der Waals surface area contributed by atoms with Crippen molar-refractivity contribution in [3.05, 3.63) is 152 Å². The number of carbonyl (C=O) groups excluding carboxylic acids is 2. The summed E-state index contributed by atoms with van der Waals surface area (Å²) in [4.78, 5) is 43.2. The number of H-pyrrole nitrogens is 2. The summed E-state index contributed by atoms with van der Waals surface area (Å²) >= 11 is 0. The molecule has 0 spiro atoms. The molecule has 7 N–H and O–H groups in total. The van der Waals surface area contributed by atoms with Gasteiger partial charge in [0.1, 0.15) is 32.8 Å². The molecular weight excluding hydrogens is 979 g/mol. The number of hydrogen-bond donors (Lipinski definition) is 7. The summed E-state index contributed by atoms with van der Waals surface area (Å²) in [7, 11) is -4.98. The van der Waals surface area contributed by atoms with Gasteiger partial charge in [-0.05, 0) is 134 Å². The average molecular weight is 1030 g/mol. The number of urea groups is 2. The van der Waals surface area contributed by atoms with Gasteiger partial charge in [-0.3, -0.25) is 10.6 Å². The van der Waals surface area contributed by atoms with Crippen molar-refractivity contribution in [3.8, 4) is 28.7 Å². The van der Waals surface area contributed by atoms with E-state index < -0.39 is 32.3 Å². The molecule has 1 aliphatic carbocycles. The number of nitrogens with zero attached hydrogens (tertiary/aromatic N) is 4. The zero-order chi connectivity index (χ0) is 51.0. The summed E-state index contributed by atoms with van der Waals surface area (Å²) in [6, 6.07) is 35.2. The number of ether oxygens (including phenoxy) is 2. The number of fused-ring (bicyclic) bond motifs is 2. The Morgan fingerprint density at radius 1 is 0.562 bits per heavy atom. The van der Waals surface area contributed by atoms with Crippen LogP contribution in [0.25, 0.3) is 27.8 Å². The van der Waals surface area contributed by atoms with Crippen LogP contribution in [0.4, 0.5) is 38.5 Å². The Kier molecular flexibility index (Phi) is 14.4. The predicted molar refractivity (Wildman–Crippen MR) is 275 cm³/mol. The summed E-state index contributed by atoms with van der Waals surface area (Å²) < 4.78 is 73.7. The number of nitrogens with one attached hydrogen (secondary N) is 7. The highest BCUT2D eigenvalue weighted by Gasteiger charge is 2.21. The van der Waals surface area contributed by atoms with Gasteiger partial charge in [0.2, 0.25) is 11.9 Å². The molecule has 4 amide bonds. The molecule has 1 fully saturated rings. The van der Waals surface area contributed by atoms with Crippen molar-refractivity contribution in [3.63, 3.8) is 0 Å². The highest BCUT2D eigenvalue weighted by Crippen LogP contribution is 2.28. The van der Waals surface area contributed by atoms with E-state index in [0.717, 1.165) is 24.2 Å². The fourth-order valence-electron chi connectivity index (χ4n) is 7.65. The van der Waals surface area contributed by atoms with Gasteiger partial charge < -0.3 is 48.3 Å². The Morgan fingerprint density at radius 2 is 1.00 bits per heavy atom. The maximum Gasteiger partial charge on any atom is 0.339 e. The summed E-state index contributed by atoms with van der Waals surface area (Å²) in [5, 5.41) is 14.0. The first kappa shape index (κ1) is 48.9. The largest absolute Gasteiger partial charge is 0.497 e. The maximum absolute atomic E-state index is 12.8. The van der Waals surface area contributed by atoms with Crippen LogP contribution in [0.3, 0.4) is 0 Å². The van der Waals surface area contributed by atoms with Crippen LogP contribution in [0.5, 0.6) is 23.0 Å². The molecule has 0 aliphatic heterocycles. The number of anilines is 5. The number of imidazole rings is 3. The van der Waals surface area contributed by atoms with E-state index in [1.54, 1.807) is 122 Å². The smallest absolute Gasteiger partial charge is 0.339 e. The first-order valence-electron chi connectivity index (χ1n) is 22.6. The zero-order valence-corrected chi connectivity index (χ0v) is 40.7. The number of aromatic amines is 2. The summed E-state index contributed by atoms with van der Waals surface area (Å²) in [6.45, 7) is 0. The van der Waals surface area contributed by atoms with Gasteiger partial charge in [0.15, 0.2) is 0 Å². The molecule has 73 heavy (non-hydrogen) atoms. The molecule has 0 radical (unpaired) electrons. The minimum absolute atomic E-state index is 0.00560. The van der Waals surface area contributed by atoms with Crippen LogP contribution in [0.2, 0.25) is 0 Å². The molecule has 6 aromatic carbocycles. The fourth-order valence-corrected chi connectivity index (χ4v) is 9.50. The molecule has 10 rings (SSSR count). The minimum Gasteiger partial charge on any atom is -0.497 e. The number of amides is 4. The first-order valence-corrected chi connectivity index (χ1v) is 25.4. The summed E-state index contributed by atoms with van der Waals surface area (Å²) in [6.07, 6.45) is 9.69. The lowest BCUT2D eigenvalue weighted by Gasteiger charge is -2.14. The molecule has 3 aromatic heterocycles. The van der Waals surface area contributed by atoms with Crippen LogP contribution >= 0.6 is 0 Å². The minimum atomic E-state index is -4.07. The average Bonchev–Trinajstić information content (AvgIpc) is 4.24. The van der Waals surface area contributed by atoms with Gasteiger partial charge in [-0.15, -0.1) is 0 Å². The van der Waals surface area contributed by atoms with Crippen LogP contribution in [-0.4, -0.2) is 78.6 Å². The van der Waals surface area contributed by atoms with Crippen molar-refractivity contribution in [2.75, 3.05) is 40.8 Å². The monoisotopic (exact) mass is 1030 g/mol. The van der Waals surface area contributed by atoms with Crippen molar-refractivity contribution in [2.24, 2.45) is 0 Å². The second kappa shape index (κ2) is 21.5. The lowest BCUT2D eigenvalue weighted by Crippen LogP contribution is -2.20.